The van der Waals surface area contributed by atoms with Crippen LogP contribution >= 0.6 is 11.6 Å². The predicted octanol–water partition coefficient (Wildman–Crippen LogP) is 2.46. The fourth-order valence-corrected chi connectivity index (χ4v) is 1.76. The van der Waals surface area contributed by atoms with Crippen molar-refractivity contribution < 1.29 is 9.13 Å². The van der Waals surface area contributed by atoms with Crippen molar-refractivity contribution in [3.05, 3.63) is 35.4 Å². The Labute approximate surface area is 103 Å². The third kappa shape index (κ3) is 2.10. The van der Waals surface area contributed by atoms with Crippen molar-refractivity contribution in [1.29, 1.82) is 0 Å². The highest BCUT2D eigenvalue weighted by molar-refractivity contribution is 6.16. The molecule has 0 aliphatic carbocycles. The van der Waals surface area contributed by atoms with Gasteiger partial charge in [0.15, 0.2) is 11.6 Å². The molecule has 4 nitrogen and oxygen atoms in total. The van der Waals surface area contributed by atoms with Crippen LogP contribution in [0.3, 0.4) is 0 Å². The molecule has 2 aromatic rings. The van der Waals surface area contributed by atoms with Crippen LogP contribution in [0.15, 0.2) is 18.2 Å². The Morgan fingerprint density at radius 2 is 2.24 bits per heavy atom. The van der Waals surface area contributed by atoms with Crippen LogP contribution in [0.25, 0.3) is 5.69 Å². The average Bonchev–Trinajstić information content (AvgIpc) is 2.70. The molecule has 0 amide bonds. The summed E-state index contributed by atoms with van der Waals surface area (Å²) in [5.41, 5.74) is 2.07. The Morgan fingerprint density at radius 1 is 1.47 bits per heavy atom. The van der Waals surface area contributed by atoms with Crippen molar-refractivity contribution in [3.8, 4) is 11.4 Å². The number of hydrogen-bond acceptors (Lipinski definition) is 3. The molecule has 1 aromatic carbocycles. The molecule has 0 bridgehead atoms. The van der Waals surface area contributed by atoms with Crippen molar-refractivity contribution in [2.24, 2.45) is 0 Å². The summed E-state index contributed by atoms with van der Waals surface area (Å²) >= 11 is 5.70. The van der Waals surface area contributed by atoms with Crippen LogP contribution in [0.4, 0.5) is 4.39 Å². The summed E-state index contributed by atoms with van der Waals surface area (Å²) in [4.78, 5) is 0. The Morgan fingerprint density at radius 3 is 2.76 bits per heavy atom. The van der Waals surface area contributed by atoms with Crippen molar-refractivity contribution in [1.82, 2.24) is 15.0 Å². The second-order valence-electron chi connectivity index (χ2n) is 3.49. The number of alkyl halides is 1. The van der Waals surface area contributed by atoms with Crippen LogP contribution in [0.2, 0.25) is 0 Å². The molecule has 1 aromatic heterocycles. The second kappa shape index (κ2) is 4.71. The number of aromatic nitrogens is 3. The molecular formula is C11H11ClFN3O. The Kier molecular flexibility index (Phi) is 3.28. The number of rotatable bonds is 3. The van der Waals surface area contributed by atoms with Gasteiger partial charge in [-0.2, -0.15) is 0 Å². The van der Waals surface area contributed by atoms with Gasteiger partial charge in [0.2, 0.25) is 0 Å². The van der Waals surface area contributed by atoms with E-state index in [0.29, 0.717) is 11.4 Å². The zero-order valence-electron chi connectivity index (χ0n) is 9.44. The molecule has 0 radical (unpaired) electrons. The van der Waals surface area contributed by atoms with Gasteiger partial charge < -0.3 is 4.74 Å². The lowest BCUT2D eigenvalue weighted by Gasteiger charge is -2.06. The topological polar surface area (TPSA) is 39.9 Å². The van der Waals surface area contributed by atoms with E-state index in [0.717, 1.165) is 5.69 Å². The van der Waals surface area contributed by atoms with Crippen molar-refractivity contribution in [2.75, 3.05) is 7.11 Å². The summed E-state index contributed by atoms with van der Waals surface area (Å²) in [6.07, 6.45) is 0. The third-order valence-corrected chi connectivity index (χ3v) is 2.75. The molecule has 0 aliphatic rings. The van der Waals surface area contributed by atoms with Gasteiger partial charge in [-0.3, -0.25) is 0 Å². The zero-order chi connectivity index (χ0) is 12.4. The van der Waals surface area contributed by atoms with Crippen LogP contribution in [0, 0.1) is 12.7 Å². The van der Waals surface area contributed by atoms with Crippen LogP contribution in [-0.4, -0.2) is 22.1 Å². The fourth-order valence-electron chi connectivity index (χ4n) is 1.52. The molecule has 0 unspecified atom stereocenters. The molecule has 90 valence electrons. The number of methoxy groups -OCH3 is 1. The van der Waals surface area contributed by atoms with E-state index in [1.807, 2.05) is 6.92 Å². The van der Waals surface area contributed by atoms with E-state index in [4.69, 9.17) is 16.3 Å². The molecule has 0 saturated heterocycles. The van der Waals surface area contributed by atoms with Crippen LogP contribution < -0.4 is 4.74 Å². The molecule has 17 heavy (non-hydrogen) atoms. The van der Waals surface area contributed by atoms with Crippen molar-refractivity contribution in [3.63, 3.8) is 0 Å². The minimum absolute atomic E-state index is 0.198. The number of benzene rings is 1. The van der Waals surface area contributed by atoms with E-state index in [-0.39, 0.29) is 11.6 Å². The molecule has 0 aliphatic heterocycles. The van der Waals surface area contributed by atoms with E-state index in [2.05, 4.69) is 10.3 Å². The quantitative estimate of drug-likeness (QED) is 0.791. The van der Waals surface area contributed by atoms with Gasteiger partial charge in [0.05, 0.1) is 24.4 Å². The van der Waals surface area contributed by atoms with Gasteiger partial charge in [0, 0.05) is 6.07 Å². The highest BCUT2D eigenvalue weighted by Gasteiger charge is 2.11. The van der Waals surface area contributed by atoms with Gasteiger partial charge >= 0.3 is 0 Å². The highest BCUT2D eigenvalue weighted by Crippen LogP contribution is 2.21. The lowest BCUT2D eigenvalue weighted by atomic mass is 10.2. The molecule has 0 atom stereocenters. The van der Waals surface area contributed by atoms with E-state index in [9.17, 15) is 4.39 Å². The monoisotopic (exact) mass is 255 g/mol. The van der Waals surface area contributed by atoms with Gasteiger partial charge in [-0.15, -0.1) is 16.7 Å². The maximum Gasteiger partial charge on any atom is 0.167 e. The average molecular weight is 256 g/mol. The fraction of sp³-hybridized carbons (Fsp3) is 0.273. The number of halogens is 2. The van der Waals surface area contributed by atoms with Crippen LogP contribution in [0.1, 0.15) is 11.4 Å². The van der Waals surface area contributed by atoms with E-state index >= 15 is 0 Å². The van der Waals surface area contributed by atoms with E-state index < -0.39 is 5.82 Å². The number of hydrogen-bond donors (Lipinski definition) is 0. The lowest BCUT2D eigenvalue weighted by Crippen LogP contribution is -2.00. The summed E-state index contributed by atoms with van der Waals surface area (Å²) in [6.45, 7) is 1.83. The SMILES string of the molecule is COc1ccc(-n2nnc(CCl)c2C)cc1F. The first-order valence-corrected chi connectivity index (χ1v) is 5.52. The second-order valence-corrected chi connectivity index (χ2v) is 3.75. The zero-order valence-corrected chi connectivity index (χ0v) is 10.2. The third-order valence-electron chi connectivity index (χ3n) is 2.50. The maximum absolute atomic E-state index is 13.5. The summed E-state index contributed by atoms with van der Waals surface area (Å²) in [5.74, 6) is 0.0428. The molecule has 0 spiro atoms. The van der Waals surface area contributed by atoms with Gasteiger partial charge in [0.25, 0.3) is 0 Å². The summed E-state index contributed by atoms with van der Waals surface area (Å²) in [5, 5.41) is 7.84. The molecule has 0 N–H and O–H groups in total. The molecule has 2 rings (SSSR count). The standard InChI is InChI=1S/C11H11ClFN3O/c1-7-10(6-12)14-15-16(7)8-3-4-11(17-2)9(13)5-8/h3-5H,6H2,1-2H3. The smallest absolute Gasteiger partial charge is 0.167 e. The van der Waals surface area contributed by atoms with Crippen LogP contribution in [0.5, 0.6) is 5.75 Å². The Hall–Kier alpha value is -1.62. The predicted molar refractivity (Wildman–Crippen MR) is 62.2 cm³/mol. The number of ether oxygens (including phenoxy) is 1. The first-order chi connectivity index (χ1) is 8.17. The van der Waals surface area contributed by atoms with Crippen LogP contribution in [-0.2, 0) is 5.88 Å². The number of nitrogens with zero attached hydrogens (tertiary/aromatic N) is 3. The molecule has 1 heterocycles. The van der Waals surface area contributed by atoms with Gasteiger partial charge in [-0.25, -0.2) is 9.07 Å². The lowest BCUT2D eigenvalue weighted by molar-refractivity contribution is 0.386. The van der Waals surface area contributed by atoms with Gasteiger partial charge in [-0.1, -0.05) is 5.21 Å². The summed E-state index contributed by atoms with van der Waals surface area (Å²) in [6, 6.07) is 4.60. The maximum atomic E-state index is 13.5. The van der Waals surface area contributed by atoms with E-state index in [1.54, 1.807) is 16.8 Å². The molecular weight excluding hydrogens is 245 g/mol. The van der Waals surface area contributed by atoms with Crippen molar-refractivity contribution >= 4 is 11.6 Å². The van der Waals surface area contributed by atoms with E-state index in [1.165, 1.54) is 13.2 Å². The first kappa shape index (κ1) is 11.9. The minimum Gasteiger partial charge on any atom is -0.494 e. The molecule has 6 heteroatoms. The summed E-state index contributed by atoms with van der Waals surface area (Å²) in [7, 11) is 1.42. The normalized spacial score (nSPS) is 10.6. The summed E-state index contributed by atoms with van der Waals surface area (Å²) < 4.78 is 19.9. The van der Waals surface area contributed by atoms with Gasteiger partial charge in [-0.05, 0) is 19.1 Å². The largest absolute Gasteiger partial charge is 0.494 e. The Bertz CT molecular complexity index is 542. The minimum atomic E-state index is -0.438. The van der Waals surface area contributed by atoms with Gasteiger partial charge in [0.1, 0.15) is 5.69 Å². The molecule has 0 saturated carbocycles. The van der Waals surface area contributed by atoms with Crippen molar-refractivity contribution in [2.45, 2.75) is 12.8 Å². The Balaban J connectivity index is 2.46. The molecule has 0 fully saturated rings. The highest BCUT2D eigenvalue weighted by atomic mass is 35.5. The first-order valence-electron chi connectivity index (χ1n) is 4.98.